The van der Waals surface area contributed by atoms with E-state index < -0.39 is 0 Å². The van der Waals surface area contributed by atoms with E-state index >= 15 is 0 Å². The van der Waals surface area contributed by atoms with Crippen LogP contribution in [0.25, 0.3) is 0 Å². The van der Waals surface area contributed by atoms with Crippen LogP contribution in [-0.4, -0.2) is 35.4 Å². The summed E-state index contributed by atoms with van der Waals surface area (Å²) >= 11 is 1.80. The van der Waals surface area contributed by atoms with E-state index in [1.807, 2.05) is 7.05 Å². The van der Waals surface area contributed by atoms with Gasteiger partial charge >= 0.3 is 0 Å². The zero-order valence-corrected chi connectivity index (χ0v) is 18.3. The van der Waals surface area contributed by atoms with Crippen LogP contribution in [0.5, 0.6) is 0 Å². The summed E-state index contributed by atoms with van der Waals surface area (Å²) in [6.07, 6.45) is 6.44. The van der Waals surface area contributed by atoms with Gasteiger partial charge in [-0.2, -0.15) is 5.10 Å². The Balaban J connectivity index is 0.00000225. The van der Waals surface area contributed by atoms with Crippen LogP contribution in [0.3, 0.4) is 0 Å². The number of aromatic nitrogens is 2. The number of rotatable bonds is 5. The van der Waals surface area contributed by atoms with Crippen LogP contribution in [0.2, 0.25) is 0 Å². The molecule has 138 valence electrons. The molecule has 7 heteroatoms. The Morgan fingerprint density at radius 3 is 3.00 bits per heavy atom. The second-order valence-corrected chi connectivity index (χ2v) is 7.62. The van der Waals surface area contributed by atoms with Gasteiger partial charge in [-0.15, -0.1) is 35.3 Å². The predicted octanol–water partition coefficient (Wildman–Crippen LogP) is 3.41. The standard InChI is InChI=1S/C18H27N5S.HI/c1-13(2)23-12-14-6-7-15(11-17(14)22-23)21-18(19-3)20-9-8-16-5-4-10-24-16;/h4-5,10,12-13,15H,6-9,11H2,1-3H3,(H2,19,20,21);1H. The van der Waals surface area contributed by atoms with Gasteiger partial charge in [-0.1, -0.05) is 6.07 Å². The summed E-state index contributed by atoms with van der Waals surface area (Å²) in [6, 6.07) is 5.11. The first kappa shape index (κ1) is 20.2. The van der Waals surface area contributed by atoms with Crippen molar-refractivity contribution in [2.75, 3.05) is 13.6 Å². The molecular formula is C18H28IN5S. The average Bonchev–Trinajstić information content (AvgIpc) is 3.22. The van der Waals surface area contributed by atoms with E-state index in [9.17, 15) is 0 Å². The SMILES string of the molecule is CN=C(NCCc1cccs1)NC1CCc2cn(C(C)C)nc2C1.I. The van der Waals surface area contributed by atoms with Crippen molar-refractivity contribution in [3.63, 3.8) is 0 Å². The highest BCUT2D eigenvalue weighted by Crippen LogP contribution is 2.21. The maximum Gasteiger partial charge on any atom is 0.191 e. The van der Waals surface area contributed by atoms with Gasteiger partial charge in [0, 0.05) is 43.2 Å². The number of guanidine groups is 1. The Hall–Kier alpha value is -1.09. The molecule has 2 N–H and O–H groups in total. The molecule has 0 fully saturated rings. The number of nitrogens with one attached hydrogen (secondary N) is 2. The number of hydrogen-bond donors (Lipinski definition) is 2. The summed E-state index contributed by atoms with van der Waals surface area (Å²) in [7, 11) is 1.84. The van der Waals surface area contributed by atoms with E-state index in [0.717, 1.165) is 38.2 Å². The molecule has 0 spiro atoms. The summed E-state index contributed by atoms with van der Waals surface area (Å²) in [5.74, 6) is 0.892. The Bertz CT molecular complexity index is 678. The Morgan fingerprint density at radius 1 is 1.48 bits per heavy atom. The van der Waals surface area contributed by atoms with Gasteiger partial charge in [0.25, 0.3) is 0 Å². The fourth-order valence-electron chi connectivity index (χ4n) is 3.05. The quantitative estimate of drug-likeness (QED) is 0.398. The highest BCUT2D eigenvalue weighted by molar-refractivity contribution is 14.0. The molecule has 0 amide bonds. The van der Waals surface area contributed by atoms with E-state index in [2.05, 4.69) is 57.9 Å². The topological polar surface area (TPSA) is 54.2 Å². The van der Waals surface area contributed by atoms with Crippen LogP contribution < -0.4 is 10.6 Å². The zero-order chi connectivity index (χ0) is 16.9. The first-order valence-electron chi connectivity index (χ1n) is 8.72. The molecule has 0 bridgehead atoms. The van der Waals surface area contributed by atoms with E-state index in [0.29, 0.717) is 12.1 Å². The fraction of sp³-hybridized carbons (Fsp3) is 0.556. The normalized spacial score (nSPS) is 17.1. The van der Waals surface area contributed by atoms with Crippen LogP contribution >= 0.6 is 35.3 Å². The lowest BCUT2D eigenvalue weighted by molar-refractivity contribution is 0.499. The molecular weight excluding hydrogens is 445 g/mol. The maximum absolute atomic E-state index is 4.75. The lowest BCUT2D eigenvalue weighted by atomic mass is 9.94. The van der Waals surface area contributed by atoms with E-state index in [1.165, 1.54) is 16.1 Å². The average molecular weight is 473 g/mol. The summed E-state index contributed by atoms with van der Waals surface area (Å²) in [4.78, 5) is 5.76. The van der Waals surface area contributed by atoms with Gasteiger partial charge < -0.3 is 10.6 Å². The molecule has 25 heavy (non-hydrogen) atoms. The number of hydrogen-bond acceptors (Lipinski definition) is 3. The summed E-state index contributed by atoms with van der Waals surface area (Å²) < 4.78 is 2.08. The lowest BCUT2D eigenvalue weighted by Crippen LogP contribution is -2.46. The minimum Gasteiger partial charge on any atom is -0.356 e. The van der Waals surface area contributed by atoms with Crippen molar-refractivity contribution in [3.05, 3.63) is 39.8 Å². The molecule has 0 saturated carbocycles. The van der Waals surface area contributed by atoms with Gasteiger partial charge in [0.05, 0.1) is 5.69 Å². The molecule has 5 nitrogen and oxygen atoms in total. The second kappa shape index (κ2) is 9.56. The lowest BCUT2D eigenvalue weighted by Gasteiger charge is -2.24. The number of nitrogens with zero attached hydrogens (tertiary/aromatic N) is 3. The molecule has 2 aromatic rings. The molecule has 1 aliphatic rings. The summed E-state index contributed by atoms with van der Waals surface area (Å²) in [5, 5.41) is 13.9. The molecule has 1 aliphatic carbocycles. The Kier molecular flexibility index (Phi) is 7.74. The van der Waals surface area contributed by atoms with Crippen molar-refractivity contribution in [1.29, 1.82) is 0 Å². The zero-order valence-electron chi connectivity index (χ0n) is 15.2. The van der Waals surface area contributed by atoms with Crippen molar-refractivity contribution in [2.45, 2.75) is 51.6 Å². The smallest absolute Gasteiger partial charge is 0.191 e. The van der Waals surface area contributed by atoms with Crippen molar-refractivity contribution < 1.29 is 0 Å². The monoisotopic (exact) mass is 473 g/mol. The molecule has 0 aromatic carbocycles. The van der Waals surface area contributed by atoms with Crippen molar-refractivity contribution in [3.8, 4) is 0 Å². The third-order valence-electron chi connectivity index (χ3n) is 4.43. The highest BCUT2D eigenvalue weighted by atomic mass is 127. The van der Waals surface area contributed by atoms with Crippen molar-refractivity contribution >= 4 is 41.3 Å². The molecule has 1 unspecified atom stereocenters. The largest absolute Gasteiger partial charge is 0.356 e. The molecule has 2 aromatic heterocycles. The highest BCUT2D eigenvalue weighted by Gasteiger charge is 2.22. The Labute approximate surface area is 171 Å². The number of thiophene rings is 1. The predicted molar refractivity (Wildman–Crippen MR) is 116 cm³/mol. The number of halogens is 1. The molecule has 2 heterocycles. The summed E-state index contributed by atoms with van der Waals surface area (Å²) in [5.41, 5.74) is 2.64. The van der Waals surface area contributed by atoms with Gasteiger partial charge in [0.2, 0.25) is 0 Å². The minimum absolute atomic E-state index is 0. The third-order valence-corrected chi connectivity index (χ3v) is 5.37. The fourth-order valence-corrected chi connectivity index (χ4v) is 3.76. The number of fused-ring (bicyclic) bond motifs is 1. The van der Waals surface area contributed by atoms with Gasteiger partial charge in [-0.05, 0) is 50.1 Å². The maximum atomic E-state index is 4.75. The third kappa shape index (κ3) is 5.44. The first-order valence-corrected chi connectivity index (χ1v) is 9.60. The molecule has 0 saturated heterocycles. The number of aryl methyl sites for hydroxylation is 1. The molecule has 0 radical (unpaired) electrons. The first-order chi connectivity index (χ1) is 11.7. The van der Waals surface area contributed by atoms with Crippen LogP contribution in [0.1, 0.15) is 42.4 Å². The molecule has 0 aliphatic heterocycles. The molecule has 3 rings (SSSR count). The van der Waals surface area contributed by atoms with Gasteiger partial charge in [-0.25, -0.2) is 0 Å². The van der Waals surface area contributed by atoms with Gasteiger partial charge in [0.1, 0.15) is 0 Å². The van der Waals surface area contributed by atoms with E-state index in [4.69, 9.17) is 5.10 Å². The van der Waals surface area contributed by atoms with Gasteiger partial charge in [0.15, 0.2) is 5.96 Å². The van der Waals surface area contributed by atoms with E-state index in [-0.39, 0.29) is 24.0 Å². The Morgan fingerprint density at radius 2 is 2.32 bits per heavy atom. The van der Waals surface area contributed by atoms with Crippen LogP contribution in [-0.2, 0) is 19.3 Å². The second-order valence-electron chi connectivity index (χ2n) is 6.59. The minimum atomic E-state index is 0. The van der Waals surface area contributed by atoms with Gasteiger partial charge in [-0.3, -0.25) is 9.67 Å². The summed E-state index contributed by atoms with van der Waals surface area (Å²) in [6.45, 7) is 5.25. The van der Waals surface area contributed by atoms with E-state index in [1.54, 1.807) is 11.3 Å². The van der Waals surface area contributed by atoms with Crippen LogP contribution in [0, 0.1) is 0 Å². The van der Waals surface area contributed by atoms with Crippen molar-refractivity contribution in [2.24, 2.45) is 4.99 Å². The molecule has 1 atom stereocenters. The number of aliphatic imine (C=N–C) groups is 1. The van der Waals surface area contributed by atoms with Crippen LogP contribution in [0.15, 0.2) is 28.7 Å². The van der Waals surface area contributed by atoms with Crippen LogP contribution in [0.4, 0.5) is 0 Å². The van der Waals surface area contributed by atoms with Crippen molar-refractivity contribution in [1.82, 2.24) is 20.4 Å².